The Morgan fingerprint density at radius 2 is 2.04 bits per heavy atom. The van der Waals surface area contributed by atoms with Crippen LogP contribution in [-0.4, -0.2) is 65.8 Å². The van der Waals surface area contributed by atoms with E-state index in [0.29, 0.717) is 5.71 Å². The van der Waals surface area contributed by atoms with Gasteiger partial charge in [0.1, 0.15) is 29.8 Å². The number of aromatic amines is 1. The first-order chi connectivity index (χ1) is 12.3. The van der Waals surface area contributed by atoms with Crippen molar-refractivity contribution in [2.45, 2.75) is 25.2 Å². The molecule has 1 amide bonds. The number of hydrogen-bond donors (Lipinski definition) is 7. The van der Waals surface area contributed by atoms with Crippen LogP contribution in [-0.2, 0) is 0 Å². The van der Waals surface area contributed by atoms with Crippen molar-refractivity contribution in [3.05, 3.63) is 41.6 Å². The Hall–Kier alpha value is -2.86. The van der Waals surface area contributed by atoms with E-state index < -0.39 is 30.8 Å². The predicted molar refractivity (Wildman–Crippen MR) is 91.0 cm³/mol. The molecule has 0 aliphatic carbocycles. The fraction of sp³-hybridized carbons (Fsp3) is 0.333. The van der Waals surface area contributed by atoms with E-state index in [1.54, 1.807) is 6.92 Å². The Morgan fingerprint density at radius 1 is 1.31 bits per heavy atom. The van der Waals surface area contributed by atoms with Crippen molar-refractivity contribution < 1.29 is 25.2 Å². The summed E-state index contributed by atoms with van der Waals surface area (Å²) in [5.41, 5.74) is 8.47. The molecule has 0 aliphatic heterocycles. The number of rotatable bonds is 7. The quantitative estimate of drug-likeness (QED) is 0.223. The van der Waals surface area contributed by atoms with Gasteiger partial charge in [-0.1, -0.05) is 0 Å². The second-order valence-corrected chi connectivity index (χ2v) is 5.48. The number of H-pyrrole nitrogens is 1. The third-order valence-electron chi connectivity index (χ3n) is 3.54. The number of carbonyl (C=O) groups excluding carboxylic acids is 1. The number of nitrogens with one attached hydrogen (secondary N) is 2. The largest absolute Gasteiger partial charge is 0.394 e. The van der Waals surface area contributed by atoms with Crippen LogP contribution in [0.4, 0.5) is 5.82 Å². The van der Waals surface area contributed by atoms with Crippen molar-refractivity contribution >= 4 is 17.4 Å². The second-order valence-electron chi connectivity index (χ2n) is 5.48. The fourth-order valence-corrected chi connectivity index (χ4v) is 1.96. The lowest BCUT2D eigenvalue weighted by molar-refractivity contribution is -0.0788. The summed E-state index contributed by atoms with van der Waals surface area (Å²) in [4.78, 5) is 22.5. The van der Waals surface area contributed by atoms with E-state index in [4.69, 9.17) is 10.8 Å². The van der Waals surface area contributed by atoms with Gasteiger partial charge in [-0.15, -0.1) is 0 Å². The monoisotopic (exact) mass is 364 g/mol. The van der Waals surface area contributed by atoms with Crippen LogP contribution in [0.3, 0.4) is 0 Å². The average Bonchev–Trinajstić information content (AvgIpc) is 3.14. The fourth-order valence-electron chi connectivity index (χ4n) is 1.96. The molecule has 0 aromatic carbocycles. The molecule has 0 spiro atoms. The summed E-state index contributed by atoms with van der Waals surface area (Å²) in [5, 5.41) is 41.7. The molecular weight excluding hydrogens is 344 g/mol. The molecule has 2 rings (SSSR count). The van der Waals surface area contributed by atoms with Gasteiger partial charge in [0.2, 0.25) is 0 Å². The highest BCUT2D eigenvalue weighted by Crippen LogP contribution is 2.17. The van der Waals surface area contributed by atoms with Gasteiger partial charge in [-0.3, -0.25) is 4.79 Å². The number of imidazole rings is 1. The van der Waals surface area contributed by atoms with E-state index in [0.717, 1.165) is 0 Å². The van der Waals surface area contributed by atoms with Crippen LogP contribution in [0.1, 0.15) is 34.9 Å². The zero-order valence-electron chi connectivity index (χ0n) is 13.9. The molecule has 0 radical (unpaired) electrons. The van der Waals surface area contributed by atoms with Crippen molar-refractivity contribution in [1.82, 2.24) is 20.4 Å². The summed E-state index contributed by atoms with van der Waals surface area (Å²) in [6.07, 6.45) is -2.02. The Morgan fingerprint density at radius 3 is 2.65 bits per heavy atom. The molecule has 0 fully saturated rings. The maximum absolute atomic E-state index is 11.9. The maximum Gasteiger partial charge on any atom is 0.272 e. The molecule has 2 aromatic rings. The molecule has 26 heavy (non-hydrogen) atoms. The van der Waals surface area contributed by atoms with E-state index in [2.05, 4.69) is 25.5 Å². The van der Waals surface area contributed by atoms with Crippen molar-refractivity contribution in [3.63, 3.8) is 0 Å². The number of hydrogen-bond acceptors (Lipinski definition) is 9. The Kier molecular flexibility index (Phi) is 6.36. The number of pyridine rings is 1. The average molecular weight is 364 g/mol. The van der Waals surface area contributed by atoms with Gasteiger partial charge in [0.15, 0.2) is 5.82 Å². The first-order valence-electron chi connectivity index (χ1n) is 7.60. The third kappa shape index (κ3) is 4.61. The molecule has 11 heteroatoms. The van der Waals surface area contributed by atoms with Gasteiger partial charge in [0.25, 0.3) is 5.91 Å². The minimum absolute atomic E-state index is 0.114. The second kappa shape index (κ2) is 8.49. The zero-order chi connectivity index (χ0) is 19.3. The van der Waals surface area contributed by atoms with Gasteiger partial charge in [0.05, 0.1) is 24.1 Å². The SMILES string of the molecule is C/C(=N/NC(=O)c1ccc(N)nc1)c1ncc([C@@H](O)[C@H](O)[C@H](O)CO)[nH]1. The standard InChI is InChI=1S/C15H20N6O5/c1-7(20-21-15(26)8-2-3-11(16)17-4-8)14-18-5-9(19-14)12(24)13(25)10(23)6-22/h2-5,10,12-13,22-25H,6H2,1H3,(H2,16,17)(H,18,19)(H,21,26)/b20-7-/t10-,12-,13-/m1/s1. The molecule has 8 N–H and O–H groups in total. The van der Waals surface area contributed by atoms with Gasteiger partial charge in [0, 0.05) is 6.20 Å². The summed E-state index contributed by atoms with van der Waals surface area (Å²) in [6, 6.07) is 2.98. The van der Waals surface area contributed by atoms with E-state index in [1.807, 2.05) is 0 Å². The van der Waals surface area contributed by atoms with Gasteiger partial charge in [-0.25, -0.2) is 15.4 Å². The van der Waals surface area contributed by atoms with Crippen molar-refractivity contribution in [2.75, 3.05) is 12.3 Å². The Labute approximate surface area is 148 Å². The molecule has 140 valence electrons. The topological polar surface area (TPSA) is 190 Å². The number of aliphatic hydroxyl groups is 4. The van der Waals surface area contributed by atoms with Crippen LogP contribution in [0.5, 0.6) is 0 Å². The number of nitrogen functional groups attached to an aromatic ring is 1. The third-order valence-corrected chi connectivity index (χ3v) is 3.54. The number of aliphatic hydroxyl groups excluding tert-OH is 4. The number of aromatic nitrogens is 3. The summed E-state index contributed by atoms with van der Waals surface area (Å²) in [7, 11) is 0. The highest BCUT2D eigenvalue weighted by atomic mass is 16.4. The van der Waals surface area contributed by atoms with Crippen LogP contribution >= 0.6 is 0 Å². The molecule has 0 saturated heterocycles. The minimum Gasteiger partial charge on any atom is -0.394 e. The van der Waals surface area contributed by atoms with E-state index in [-0.39, 0.29) is 22.9 Å². The van der Waals surface area contributed by atoms with Gasteiger partial charge >= 0.3 is 0 Å². The number of hydrazone groups is 1. The number of nitrogens with two attached hydrogens (primary N) is 1. The first kappa shape index (κ1) is 19.5. The lowest BCUT2D eigenvalue weighted by Crippen LogP contribution is -2.34. The molecule has 2 aromatic heterocycles. The van der Waals surface area contributed by atoms with E-state index in [9.17, 15) is 20.1 Å². The van der Waals surface area contributed by atoms with Crippen molar-refractivity contribution in [3.8, 4) is 0 Å². The van der Waals surface area contributed by atoms with E-state index >= 15 is 0 Å². The molecule has 0 bridgehead atoms. The van der Waals surface area contributed by atoms with Gasteiger partial charge < -0.3 is 31.1 Å². The number of amides is 1. The highest BCUT2D eigenvalue weighted by molar-refractivity contribution is 5.98. The van der Waals surface area contributed by atoms with Gasteiger partial charge in [-0.2, -0.15) is 5.10 Å². The molecule has 2 heterocycles. The van der Waals surface area contributed by atoms with Crippen molar-refractivity contribution in [2.24, 2.45) is 5.10 Å². The lowest BCUT2D eigenvalue weighted by Gasteiger charge is -2.20. The molecule has 11 nitrogen and oxygen atoms in total. The van der Waals surface area contributed by atoms with E-state index in [1.165, 1.54) is 24.5 Å². The van der Waals surface area contributed by atoms with Crippen LogP contribution in [0.15, 0.2) is 29.6 Å². The summed E-state index contributed by atoms with van der Waals surface area (Å²) in [6.45, 7) is 0.862. The van der Waals surface area contributed by atoms with Crippen LogP contribution < -0.4 is 11.2 Å². The molecule has 0 unspecified atom stereocenters. The molecular formula is C15H20N6O5. The summed E-state index contributed by atoms with van der Waals surface area (Å²) >= 11 is 0. The predicted octanol–water partition coefficient (Wildman–Crippen LogP) is -1.71. The number of nitrogens with zero attached hydrogens (tertiary/aromatic N) is 3. The van der Waals surface area contributed by atoms with Crippen molar-refractivity contribution in [1.29, 1.82) is 0 Å². The zero-order valence-corrected chi connectivity index (χ0v) is 13.9. The first-order valence-corrected chi connectivity index (χ1v) is 7.60. The normalized spacial score (nSPS) is 15.3. The molecule has 0 aliphatic rings. The van der Waals surface area contributed by atoms with Crippen LogP contribution in [0.2, 0.25) is 0 Å². The smallest absolute Gasteiger partial charge is 0.272 e. The summed E-state index contributed by atoms with van der Waals surface area (Å²) in [5.74, 6) is 0.0297. The summed E-state index contributed by atoms with van der Waals surface area (Å²) < 4.78 is 0. The lowest BCUT2D eigenvalue weighted by atomic mass is 10.1. The maximum atomic E-state index is 11.9. The minimum atomic E-state index is -1.59. The number of anilines is 1. The number of carbonyl (C=O) groups is 1. The van der Waals surface area contributed by atoms with Crippen LogP contribution in [0, 0.1) is 0 Å². The highest BCUT2D eigenvalue weighted by Gasteiger charge is 2.27. The van der Waals surface area contributed by atoms with Crippen LogP contribution in [0.25, 0.3) is 0 Å². The Bertz CT molecular complexity index is 775. The Balaban J connectivity index is 2.04. The molecule has 3 atom stereocenters. The molecule has 0 saturated carbocycles. The van der Waals surface area contributed by atoms with Gasteiger partial charge in [-0.05, 0) is 19.1 Å².